The molecule has 0 aliphatic carbocycles. The molecule has 4 heteroatoms. The van der Waals surface area contributed by atoms with E-state index in [4.69, 9.17) is 9.47 Å². The molecule has 4 nitrogen and oxygen atoms in total. The Morgan fingerprint density at radius 1 is 0.889 bits per heavy atom. The van der Waals surface area contributed by atoms with Gasteiger partial charge in [0, 0.05) is 12.8 Å². The first-order valence-electron chi connectivity index (χ1n) is 6.05. The van der Waals surface area contributed by atoms with Gasteiger partial charge in [0.1, 0.15) is 13.2 Å². The summed E-state index contributed by atoms with van der Waals surface area (Å²) in [6.45, 7) is 3.92. The van der Waals surface area contributed by atoms with Crippen LogP contribution in [0.4, 0.5) is 0 Å². The van der Waals surface area contributed by atoms with Gasteiger partial charge in [-0.2, -0.15) is 0 Å². The molecule has 18 heavy (non-hydrogen) atoms. The first-order valence-corrected chi connectivity index (χ1v) is 6.05. The lowest BCUT2D eigenvalue weighted by Gasteiger charge is -2.10. The van der Waals surface area contributed by atoms with E-state index in [9.17, 15) is 9.59 Å². The van der Waals surface area contributed by atoms with Gasteiger partial charge in [-0.15, -0.1) is 0 Å². The fourth-order valence-corrected chi connectivity index (χ4v) is 1.36. The first-order chi connectivity index (χ1) is 8.67. The molecule has 0 unspecified atom stereocenters. The Hall–Kier alpha value is -1.84. The van der Waals surface area contributed by atoms with E-state index >= 15 is 0 Å². The zero-order valence-corrected chi connectivity index (χ0v) is 10.8. The fourth-order valence-electron chi connectivity index (χ4n) is 1.36. The SMILES string of the molecule is CCC(=O)OCc1ccccc1COC(=O)CC. The van der Waals surface area contributed by atoms with Gasteiger partial charge in [-0.25, -0.2) is 0 Å². The average Bonchev–Trinajstić information content (AvgIpc) is 2.42. The lowest BCUT2D eigenvalue weighted by molar-refractivity contribution is -0.146. The molecular formula is C14H18O4. The summed E-state index contributed by atoms with van der Waals surface area (Å²) in [5, 5.41) is 0. The molecule has 1 aromatic rings. The highest BCUT2D eigenvalue weighted by Gasteiger charge is 2.07. The van der Waals surface area contributed by atoms with E-state index in [2.05, 4.69) is 0 Å². The zero-order chi connectivity index (χ0) is 13.4. The smallest absolute Gasteiger partial charge is 0.305 e. The predicted molar refractivity (Wildman–Crippen MR) is 66.6 cm³/mol. The molecule has 1 aromatic carbocycles. The van der Waals surface area contributed by atoms with Crippen LogP contribution in [0.3, 0.4) is 0 Å². The van der Waals surface area contributed by atoms with Gasteiger partial charge in [0.05, 0.1) is 0 Å². The first kappa shape index (κ1) is 14.2. The number of esters is 2. The van der Waals surface area contributed by atoms with Gasteiger partial charge >= 0.3 is 11.9 Å². The third-order valence-corrected chi connectivity index (χ3v) is 2.47. The maximum absolute atomic E-state index is 11.1. The van der Waals surface area contributed by atoms with Crippen LogP contribution < -0.4 is 0 Å². The van der Waals surface area contributed by atoms with Crippen molar-refractivity contribution in [2.24, 2.45) is 0 Å². The quantitative estimate of drug-likeness (QED) is 0.728. The number of carbonyl (C=O) groups excluding carboxylic acids is 2. The van der Waals surface area contributed by atoms with E-state index in [1.54, 1.807) is 13.8 Å². The highest BCUT2D eigenvalue weighted by molar-refractivity contribution is 5.69. The minimum atomic E-state index is -0.240. The van der Waals surface area contributed by atoms with Crippen LogP contribution in [0.25, 0.3) is 0 Å². The van der Waals surface area contributed by atoms with Crippen molar-refractivity contribution in [3.8, 4) is 0 Å². The van der Waals surface area contributed by atoms with Crippen LogP contribution in [0.2, 0.25) is 0 Å². The van der Waals surface area contributed by atoms with Crippen molar-refractivity contribution in [1.29, 1.82) is 0 Å². The summed E-state index contributed by atoms with van der Waals surface area (Å²) >= 11 is 0. The Labute approximate surface area is 107 Å². The maximum Gasteiger partial charge on any atom is 0.305 e. The topological polar surface area (TPSA) is 52.6 Å². The standard InChI is InChI=1S/C14H18O4/c1-3-13(15)17-9-11-7-5-6-8-12(11)10-18-14(16)4-2/h5-8H,3-4,9-10H2,1-2H3. The van der Waals surface area contributed by atoms with Crippen molar-refractivity contribution in [1.82, 2.24) is 0 Å². The Morgan fingerprint density at radius 3 is 1.61 bits per heavy atom. The second-order valence-corrected chi connectivity index (χ2v) is 3.80. The van der Waals surface area contributed by atoms with Crippen LogP contribution in [0.5, 0.6) is 0 Å². The minimum absolute atomic E-state index is 0.215. The van der Waals surface area contributed by atoms with Crippen LogP contribution >= 0.6 is 0 Å². The number of ether oxygens (including phenoxy) is 2. The van der Waals surface area contributed by atoms with E-state index in [0.29, 0.717) is 12.8 Å². The van der Waals surface area contributed by atoms with Crippen molar-refractivity contribution in [3.05, 3.63) is 35.4 Å². The molecule has 0 N–H and O–H groups in total. The van der Waals surface area contributed by atoms with Crippen LogP contribution in [0.15, 0.2) is 24.3 Å². The average molecular weight is 250 g/mol. The second-order valence-electron chi connectivity index (χ2n) is 3.80. The number of benzene rings is 1. The molecule has 0 aromatic heterocycles. The Morgan fingerprint density at radius 2 is 1.28 bits per heavy atom. The highest BCUT2D eigenvalue weighted by Crippen LogP contribution is 2.12. The molecule has 0 saturated heterocycles. The molecule has 0 atom stereocenters. The predicted octanol–water partition coefficient (Wildman–Crippen LogP) is 2.59. The van der Waals surface area contributed by atoms with Gasteiger partial charge in [-0.05, 0) is 11.1 Å². The molecule has 0 bridgehead atoms. The van der Waals surface area contributed by atoms with Gasteiger partial charge in [-0.3, -0.25) is 9.59 Å². The van der Waals surface area contributed by atoms with Crippen molar-refractivity contribution in [3.63, 3.8) is 0 Å². The van der Waals surface area contributed by atoms with E-state index in [1.807, 2.05) is 24.3 Å². The minimum Gasteiger partial charge on any atom is -0.461 e. The van der Waals surface area contributed by atoms with E-state index < -0.39 is 0 Å². The summed E-state index contributed by atoms with van der Waals surface area (Å²) in [5.74, 6) is -0.481. The summed E-state index contributed by atoms with van der Waals surface area (Å²) in [6, 6.07) is 7.44. The van der Waals surface area contributed by atoms with E-state index in [0.717, 1.165) is 11.1 Å². The fraction of sp³-hybridized carbons (Fsp3) is 0.429. The molecule has 1 rings (SSSR count). The molecule has 0 saturated carbocycles. The van der Waals surface area contributed by atoms with Crippen LogP contribution in [-0.2, 0) is 32.3 Å². The van der Waals surface area contributed by atoms with Gasteiger partial charge in [0.15, 0.2) is 0 Å². The van der Waals surface area contributed by atoms with E-state index in [1.165, 1.54) is 0 Å². The van der Waals surface area contributed by atoms with Crippen molar-refractivity contribution in [2.45, 2.75) is 39.9 Å². The molecule has 0 aliphatic rings. The van der Waals surface area contributed by atoms with Gasteiger partial charge in [0.2, 0.25) is 0 Å². The summed E-state index contributed by atoms with van der Waals surface area (Å²) in [7, 11) is 0. The molecule has 98 valence electrons. The third-order valence-electron chi connectivity index (χ3n) is 2.47. The summed E-state index contributed by atoms with van der Waals surface area (Å²) < 4.78 is 10.1. The zero-order valence-electron chi connectivity index (χ0n) is 10.8. The highest BCUT2D eigenvalue weighted by atomic mass is 16.5. The van der Waals surface area contributed by atoms with Gasteiger partial charge in [-0.1, -0.05) is 38.1 Å². The molecule has 0 amide bonds. The lowest BCUT2D eigenvalue weighted by atomic mass is 10.1. The molecule has 0 heterocycles. The normalized spacial score (nSPS) is 9.89. The number of hydrogen-bond acceptors (Lipinski definition) is 4. The van der Waals surface area contributed by atoms with Crippen molar-refractivity contribution in [2.75, 3.05) is 0 Å². The van der Waals surface area contributed by atoms with E-state index in [-0.39, 0.29) is 25.2 Å². The van der Waals surface area contributed by atoms with Crippen LogP contribution in [0, 0.1) is 0 Å². The van der Waals surface area contributed by atoms with Crippen molar-refractivity contribution < 1.29 is 19.1 Å². The Bertz CT molecular complexity index is 373. The summed E-state index contributed by atoms with van der Waals surface area (Å²) in [5.41, 5.74) is 1.73. The third kappa shape index (κ3) is 4.57. The maximum atomic E-state index is 11.1. The molecule has 0 fully saturated rings. The molecule has 0 spiro atoms. The monoisotopic (exact) mass is 250 g/mol. The van der Waals surface area contributed by atoms with Crippen molar-refractivity contribution >= 4 is 11.9 Å². The summed E-state index contributed by atoms with van der Waals surface area (Å²) in [4.78, 5) is 22.2. The number of rotatable bonds is 6. The molecular weight excluding hydrogens is 232 g/mol. The van der Waals surface area contributed by atoms with Gasteiger partial charge < -0.3 is 9.47 Å². The lowest BCUT2D eigenvalue weighted by Crippen LogP contribution is -2.07. The Kier molecular flexibility index (Phi) is 5.91. The Balaban J connectivity index is 2.61. The second kappa shape index (κ2) is 7.48. The van der Waals surface area contributed by atoms with Crippen LogP contribution in [0.1, 0.15) is 37.8 Å². The number of hydrogen-bond donors (Lipinski definition) is 0. The largest absolute Gasteiger partial charge is 0.461 e. The number of carbonyl (C=O) groups is 2. The molecule has 0 radical (unpaired) electrons. The van der Waals surface area contributed by atoms with Crippen LogP contribution in [-0.4, -0.2) is 11.9 Å². The summed E-state index contributed by atoms with van der Waals surface area (Å²) in [6.07, 6.45) is 0.708. The van der Waals surface area contributed by atoms with Gasteiger partial charge in [0.25, 0.3) is 0 Å². The molecule has 0 aliphatic heterocycles.